The normalized spacial score (nSPS) is 10.4. The van der Waals surface area contributed by atoms with Gasteiger partial charge in [0.25, 0.3) is 0 Å². The molecular formula is C12H12ClN3O3. The maximum atomic E-state index is 11.1. The fourth-order valence-corrected chi connectivity index (χ4v) is 1.92. The minimum Gasteiger partial charge on any atom is -0.478 e. The van der Waals surface area contributed by atoms with Crippen LogP contribution in [0.1, 0.15) is 22.0 Å². The summed E-state index contributed by atoms with van der Waals surface area (Å²) in [5.41, 5.74) is 6.16. The second-order valence-electron chi connectivity index (χ2n) is 3.95. The number of oxazole rings is 1. The number of anilines is 2. The summed E-state index contributed by atoms with van der Waals surface area (Å²) in [5, 5.41) is 12.3. The molecule has 0 radical (unpaired) electrons. The van der Waals surface area contributed by atoms with E-state index < -0.39 is 5.97 Å². The van der Waals surface area contributed by atoms with Gasteiger partial charge in [0.2, 0.25) is 5.89 Å². The van der Waals surface area contributed by atoms with Gasteiger partial charge in [0.05, 0.1) is 29.0 Å². The first kappa shape index (κ1) is 13.2. The highest BCUT2D eigenvalue weighted by Crippen LogP contribution is 2.29. The van der Waals surface area contributed by atoms with Crippen LogP contribution >= 0.6 is 11.6 Å². The van der Waals surface area contributed by atoms with Gasteiger partial charge >= 0.3 is 5.97 Å². The quantitative estimate of drug-likeness (QED) is 0.744. The molecular weight excluding hydrogens is 270 g/mol. The van der Waals surface area contributed by atoms with E-state index in [0.29, 0.717) is 23.0 Å². The highest BCUT2D eigenvalue weighted by atomic mass is 35.5. The number of hydrogen-bond acceptors (Lipinski definition) is 5. The van der Waals surface area contributed by atoms with Gasteiger partial charge in [-0.2, -0.15) is 0 Å². The van der Waals surface area contributed by atoms with Crippen molar-refractivity contribution in [3.05, 3.63) is 40.6 Å². The van der Waals surface area contributed by atoms with E-state index in [0.717, 1.165) is 0 Å². The fraction of sp³-hybridized carbons (Fsp3) is 0.167. The Morgan fingerprint density at radius 1 is 1.58 bits per heavy atom. The molecule has 7 heteroatoms. The van der Waals surface area contributed by atoms with Crippen molar-refractivity contribution in [2.45, 2.75) is 13.5 Å². The summed E-state index contributed by atoms with van der Waals surface area (Å²) in [7, 11) is 0. The van der Waals surface area contributed by atoms with Crippen LogP contribution in [0, 0.1) is 6.92 Å². The SMILES string of the molecule is Cc1cnc(CNc2c(Cl)cc(N)cc2C(=O)O)o1. The summed E-state index contributed by atoms with van der Waals surface area (Å²) in [6.45, 7) is 2.01. The Balaban J connectivity index is 2.26. The van der Waals surface area contributed by atoms with Crippen molar-refractivity contribution in [1.29, 1.82) is 0 Å². The van der Waals surface area contributed by atoms with Gasteiger partial charge in [-0.3, -0.25) is 0 Å². The number of aryl methyl sites for hydroxylation is 1. The number of aromatic nitrogens is 1. The zero-order chi connectivity index (χ0) is 14.0. The van der Waals surface area contributed by atoms with E-state index in [1.165, 1.54) is 12.1 Å². The van der Waals surface area contributed by atoms with Crippen molar-refractivity contribution in [3.63, 3.8) is 0 Å². The van der Waals surface area contributed by atoms with Crippen molar-refractivity contribution in [1.82, 2.24) is 4.98 Å². The summed E-state index contributed by atoms with van der Waals surface area (Å²) in [4.78, 5) is 15.2. The fourth-order valence-electron chi connectivity index (χ4n) is 1.62. The van der Waals surface area contributed by atoms with Crippen LogP contribution in [0.5, 0.6) is 0 Å². The van der Waals surface area contributed by atoms with Crippen LogP contribution in [0.3, 0.4) is 0 Å². The molecule has 2 rings (SSSR count). The Morgan fingerprint density at radius 3 is 2.89 bits per heavy atom. The van der Waals surface area contributed by atoms with Gasteiger partial charge in [0, 0.05) is 5.69 Å². The highest BCUT2D eigenvalue weighted by molar-refractivity contribution is 6.34. The van der Waals surface area contributed by atoms with Crippen LogP contribution < -0.4 is 11.1 Å². The van der Waals surface area contributed by atoms with Crippen LogP contribution in [0.2, 0.25) is 5.02 Å². The first-order valence-electron chi connectivity index (χ1n) is 5.45. The molecule has 6 nitrogen and oxygen atoms in total. The molecule has 0 aliphatic rings. The van der Waals surface area contributed by atoms with E-state index in [4.69, 9.17) is 26.9 Å². The second-order valence-corrected chi connectivity index (χ2v) is 4.36. The second kappa shape index (κ2) is 5.19. The predicted molar refractivity (Wildman–Crippen MR) is 71.4 cm³/mol. The molecule has 100 valence electrons. The van der Waals surface area contributed by atoms with Gasteiger partial charge in [-0.15, -0.1) is 0 Å². The summed E-state index contributed by atoms with van der Waals surface area (Å²) in [6, 6.07) is 2.83. The first-order valence-corrected chi connectivity index (χ1v) is 5.82. The molecule has 0 bridgehead atoms. The van der Waals surface area contributed by atoms with Crippen molar-refractivity contribution in [2.24, 2.45) is 0 Å². The van der Waals surface area contributed by atoms with Gasteiger partial charge in [-0.25, -0.2) is 9.78 Å². The molecule has 2 aromatic rings. The smallest absolute Gasteiger partial charge is 0.337 e. The lowest BCUT2D eigenvalue weighted by atomic mass is 10.1. The number of hydrogen-bond donors (Lipinski definition) is 3. The Hall–Kier alpha value is -2.21. The average molecular weight is 282 g/mol. The van der Waals surface area contributed by atoms with Crippen molar-refractivity contribution < 1.29 is 14.3 Å². The summed E-state index contributed by atoms with van der Waals surface area (Å²) < 4.78 is 5.28. The third kappa shape index (κ3) is 2.97. The number of rotatable bonds is 4. The lowest BCUT2D eigenvalue weighted by Gasteiger charge is -2.11. The summed E-state index contributed by atoms with van der Waals surface area (Å²) in [5.74, 6) is 0.0145. The minimum absolute atomic E-state index is 0.00766. The molecule has 0 aliphatic heterocycles. The van der Waals surface area contributed by atoms with E-state index in [9.17, 15) is 4.79 Å². The third-order valence-corrected chi connectivity index (χ3v) is 2.73. The van der Waals surface area contributed by atoms with Crippen LogP contribution in [-0.4, -0.2) is 16.1 Å². The Morgan fingerprint density at radius 2 is 2.32 bits per heavy atom. The number of benzene rings is 1. The maximum Gasteiger partial charge on any atom is 0.337 e. The molecule has 19 heavy (non-hydrogen) atoms. The Bertz CT molecular complexity index is 625. The third-order valence-electron chi connectivity index (χ3n) is 2.43. The molecule has 0 amide bonds. The van der Waals surface area contributed by atoms with Crippen LogP contribution in [0.15, 0.2) is 22.7 Å². The van der Waals surface area contributed by atoms with E-state index in [-0.39, 0.29) is 17.1 Å². The van der Waals surface area contributed by atoms with Gasteiger partial charge in [0.1, 0.15) is 5.76 Å². The number of halogens is 1. The molecule has 1 aromatic carbocycles. The zero-order valence-corrected chi connectivity index (χ0v) is 10.9. The number of aromatic carboxylic acids is 1. The number of nitrogens with two attached hydrogens (primary N) is 1. The molecule has 0 unspecified atom stereocenters. The van der Waals surface area contributed by atoms with E-state index in [1.54, 1.807) is 13.1 Å². The number of carbonyl (C=O) groups is 1. The molecule has 0 saturated carbocycles. The number of nitrogens with one attached hydrogen (secondary N) is 1. The number of nitrogen functional groups attached to an aromatic ring is 1. The van der Waals surface area contributed by atoms with E-state index >= 15 is 0 Å². The topological polar surface area (TPSA) is 101 Å². The predicted octanol–water partition coefficient (Wildman–Crippen LogP) is 2.53. The molecule has 0 atom stereocenters. The van der Waals surface area contributed by atoms with Crippen LogP contribution in [0.25, 0.3) is 0 Å². The molecule has 1 aromatic heterocycles. The standard InChI is InChI=1S/C12H12ClN3O3/c1-6-4-15-10(19-6)5-16-11-8(12(17)18)2-7(14)3-9(11)13/h2-4,16H,5,14H2,1H3,(H,17,18). The monoisotopic (exact) mass is 281 g/mol. The average Bonchev–Trinajstić information content (AvgIpc) is 2.73. The van der Waals surface area contributed by atoms with E-state index in [1.807, 2.05) is 0 Å². The molecule has 4 N–H and O–H groups in total. The molecule has 0 aliphatic carbocycles. The summed E-state index contributed by atoms with van der Waals surface area (Å²) in [6.07, 6.45) is 1.58. The van der Waals surface area contributed by atoms with Crippen LogP contribution in [-0.2, 0) is 6.54 Å². The zero-order valence-electron chi connectivity index (χ0n) is 10.1. The molecule has 1 heterocycles. The largest absolute Gasteiger partial charge is 0.478 e. The number of carboxylic acids is 1. The van der Waals surface area contributed by atoms with Gasteiger partial charge in [-0.1, -0.05) is 11.6 Å². The van der Waals surface area contributed by atoms with Gasteiger partial charge in [-0.05, 0) is 19.1 Å². The Kier molecular flexibility index (Phi) is 3.62. The van der Waals surface area contributed by atoms with Crippen molar-refractivity contribution >= 4 is 28.9 Å². The molecule has 0 spiro atoms. The van der Waals surface area contributed by atoms with Crippen molar-refractivity contribution in [2.75, 3.05) is 11.1 Å². The summed E-state index contributed by atoms with van der Waals surface area (Å²) >= 11 is 5.99. The highest BCUT2D eigenvalue weighted by Gasteiger charge is 2.15. The minimum atomic E-state index is -1.11. The Labute approximate surface area is 114 Å². The van der Waals surface area contributed by atoms with E-state index in [2.05, 4.69) is 10.3 Å². The van der Waals surface area contributed by atoms with Crippen molar-refractivity contribution in [3.8, 4) is 0 Å². The molecule has 0 saturated heterocycles. The maximum absolute atomic E-state index is 11.1. The van der Waals surface area contributed by atoms with Gasteiger partial charge < -0.3 is 20.6 Å². The lowest BCUT2D eigenvalue weighted by Crippen LogP contribution is -2.08. The first-order chi connectivity index (χ1) is 8.97. The molecule has 0 fully saturated rings. The van der Waals surface area contributed by atoms with Crippen LogP contribution in [0.4, 0.5) is 11.4 Å². The van der Waals surface area contributed by atoms with Gasteiger partial charge in [0.15, 0.2) is 0 Å². The number of nitrogens with zero attached hydrogens (tertiary/aromatic N) is 1. The number of carboxylic acid groups (broad SMARTS) is 1. The lowest BCUT2D eigenvalue weighted by molar-refractivity contribution is 0.0698.